The Morgan fingerprint density at radius 3 is 2.54 bits per heavy atom. The molecule has 0 radical (unpaired) electrons. The largest absolute Gasteiger partial charge is 0.282 e. The van der Waals surface area contributed by atoms with Crippen molar-refractivity contribution in [1.29, 1.82) is 0 Å². The van der Waals surface area contributed by atoms with E-state index in [0.717, 1.165) is 12.8 Å². The van der Waals surface area contributed by atoms with Gasteiger partial charge in [-0.05, 0) is 12.8 Å². The van der Waals surface area contributed by atoms with Crippen LogP contribution >= 0.6 is 0 Å². The molecule has 0 aromatic heterocycles. The fourth-order valence-corrected chi connectivity index (χ4v) is 1.38. The molecule has 0 bridgehead atoms. The molecule has 1 heterocycles. The van der Waals surface area contributed by atoms with Crippen LogP contribution in [0.25, 0.3) is 0 Å². The van der Waals surface area contributed by atoms with E-state index in [9.17, 15) is 9.59 Å². The monoisotopic (exact) mass is 183 g/mol. The number of carbonyl (C=O) groups is 2. The number of hydrogen-bond donors (Lipinski definition) is 0. The van der Waals surface area contributed by atoms with Crippen LogP contribution in [-0.4, -0.2) is 23.3 Å². The Morgan fingerprint density at radius 2 is 2.15 bits per heavy atom. The molecule has 13 heavy (non-hydrogen) atoms. The van der Waals surface area contributed by atoms with Gasteiger partial charge in [0.1, 0.15) is 0 Å². The second-order valence-electron chi connectivity index (χ2n) is 4.19. The second kappa shape index (κ2) is 3.48. The predicted molar refractivity (Wildman–Crippen MR) is 50.0 cm³/mol. The van der Waals surface area contributed by atoms with Gasteiger partial charge < -0.3 is 0 Å². The molecule has 3 nitrogen and oxygen atoms in total. The zero-order chi connectivity index (χ0) is 10.1. The fraction of sp³-hybridized carbons (Fsp3) is 0.800. The van der Waals surface area contributed by atoms with Gasteiger partial charge in [-0.15, -0.1) is 0 Å². The number of likely N-dealkylation sites (tertiary alicyclic amines) is 1. The second-order valence-corrected chi connectivity index (χ2v) is 4.19. The summed E-state index contributed by atoms with van der Waals surface area (Å²) in [4.78, 5) is 24.5. The number of amides is 2. The molecule has 1 saturated heterocycles. The maximum absolute atomic E-state index is 11.8. The van der Waals surface area contributed by atoms with Gasteiger partial charge in [-0.1, -0.05) is 20.8 Å². The van der Waals surface area contributed by atoms with Crippen LogP contribution in [0.5, 0.6) is 0 Å². The predicted octanol–water partition coefficient (Wildman–Crippen LogP) is 1.57. The first kappa shape index (κ1) is 10.2. The summed E-state index contributed by atoms with van der Waals surface area (Å²) >= 11 is 0. The van der Waals surface area contributed by atoms with E-state index in [1.807, 2.05) is 20.8 Å². The molecule has 0 N–H and O–H groups in total. The van der Waals surface area contributed by atoms with Crippen LogP contribution in [0.2, 0.25) is 0 Å². The zero-order valence-electron chi connectivity index (χ0n) is 8.59. The van der Waals surface area contributed by atoms with Gasteiger partial charge in [0, 0.05) is 18.4 Å². The molecule has 1 rings (SSSR count). The number of nitrogens with zero attached hydrogens (tertiary/aromatic N) is 1. The van der Waals surface area contributed by atoms with Gasteiger partial charge in [-0.3, -0.25) is 14.5 Å². The van der Waals surface area contributed by atoms with Crippen molar-refractivity contribution in [3.8, 4) is 0 Å². The van der Waals surface area contributed by atoms with Gasteiger partial charge in [0.2, 0.25) is 11.8 Å². The minimum Gasteiger partial charge on any atom is -0.282 e. The first-order valence-corrected chi connectivity index (χ1v) is 4.84. The maximum Gasteiger partial charge on any atom is 0.234 e. The lowest BCUT2D eigenvalue weighted by Gasteiger charge is -2.26. The number of carbonyl (C=O) groups excluding carboxylic acids is 2. The van der Waals surface area contributed by atoms with Crippen LogP contribution < -0.4 is 0 Å². The summed E-state index contributed by atoms with van der Waals surface area (Å²) in [6.07, 6.45) is 2.13. The lowest BCUT2D eigenvalue weighted by atomic mass is 9.88. The molecule has 0 saturated carbocycles. The summed E-state index contributed by atoms with van der Waals surface area (Å²) in [7, 11) is 0. The Bertz CT molecular complexity index is 233. The first-order chi connectivity index (χ1) is 5.99. The van der Waals surface area contributed by atoms with Crippen molar-refractivity contribution in [1.82, 2.24) is 4.90 Å². The lowest BCUT2D eigenvalue weighted by Crippen LogP contribution is -2.41. The molecule has 0 aromatic rings. The molecule has 1 aliphatic heterocycles. The van der Waals surface area contributed by atoms with Crippen molar-refractivity contribution in [3.63, 3.8) is 0 Å². The molecule has 3 heteroatoms. The van der Waals surface area contributed by atoms with E-state index in [2.05, 4.69) is 0 Å². The normalized spacial score (nSPS) is 18.1. The van der Waals surface area contributed by atoms with Crippen molar-refractivity contribution < 1.29 is 9.59 Å². The average molecular weight is 183 g/mol. The van der Waals surface area contributed by atoms with Crippen molar-refractivity contribution in [2.24, 2.45) is 5.41 Å². The Kier molecular flexibility index (Phi) is 2.74. The lowest BCUT2D eigenvalue weighted by molar-refractivity contribution is -0.148. The van der Waals surface area contributed by atoms with E-state index in [-0.39, 0.29) is 17.2 Å². The third-order valence-corrected chi connectivity index (χ3v) is 2.78. The van der Waals surface area contributed by atoms with Crippen LogP contribution in [0, 0.1) is 5.41 Å². The Hall–Kier alpha value is -0.860. The molecule has 0 unspecified atom stereocenters. The van der Waals surface area contributed by atoms with E-state index in [4.69, 9.17) is 0 Å². The molecular formula is C10H17NO2. The number of imide groups is 1. The molecule has 2 amide bonds. The minimum absolute atomic E-state index is 0.00785. The van der Waals surface area contributed by atoms with Crippen LogP contribution in [0.4, 0.5) is 0 Å². The van der Waals surface area contributed by atoms with E-state index in [0.29, 0.717) is 13.0 Å². The summed E-state index contributed by atoms with van der Waals surface area (Å²) in [6, 6.07) is 0. The van der Waals surface area contributed by atoms with Gasteiger partial charge in [0.25, 0.3) is 0 Å². The summed E-state index contributed by atoms with van der Waals surface area (Å²) in [5.74, 6) is -0.0241. The Balaban J connectivity index is 2.72. The van der Waals surface area contributed by atoms with Crippen LogP contribution in [0.3, 0.4) is 0 Å². The van der Waals surface area contributed by atoms with Crippen molar-refractivity contribution >= 4 is 11.8 Å². The van der Waals surface area contributed by atoms with Crippen molar-refractivity contribution in [3.05, 3.63) is 0 Å². The summed E-state index contributed by atoms with van der Waals surface area (Å²) < 4.78 is 0. The van der Waals surface area contributed by atoms with Gasteiger partial charge in [0.05, 0.1) is 0 Å². The van der Waals surface area contributed by atoms with E-state index < -0.39 is 0 Å². The van der Waals surface area contributed by atoms with Crippen LogP contribution in [-0.2, 0) is 9.59 Å². The molecule has 0 aliphatic carbocycles. The smallest absolute Gasteiger partial charge is 0.234 e. The molecular weight excluding hydrogens is 166 g/mol. The molecule has 74 valence electrons. The summed E-state index contributed by atoms with van der Waals surface area (Å²) in [5.41, 5.74) is -0.389. The van der Waals surface area contributed by atoms with Crippen molar-refractivity contribution in [2.75, 3.05) is 6.54 Å². The van der Waals surface area contributed by atoms with Gasteiger partial charge >= 0.3 is 0 Å². The topological polar surface area (TPSA) is 37.4 Å². The highest BCUT2D eigenvalue weighted by atomic mass is 16.2. The molecule has 0 aromatic carbocycles. The highest BCUT2D eigenvalue weighted by Gasteiger charge is 2.35. The fourth-order valence-electron chi connectivity index (χ4n) is 1.38. The third kappa shape index (κ3) is 1.90. The highest BCUT2D eigenvalue weighted by Crippen LogP contribution is 2.25. The number of rotatable bonds is 2. The Morgan fingerprint density at radius 1 is 1.54 bits per heavy atom. The SMILES string of the molecule is CCC(C)(C)C(=O)N1CCCC1=O. The van der Waals surface area contributed by atoms with Gasteiger partial charge in [-0.2, -0.15) is 0 Å². The molecule has 0 atom stereocenters. The highest BCUT2D eigenvalue weighted by molar-refractivity contribution is 5.98. The van der Waals surface area contributed by atoms with Crippen LogP contribution in [0.1, 0.15) is 40.0 Å². The number of hydrogen-bond acceptors (Lipinski definition) is 2. The quantitative estimate of drug-likeness (QED) is 0.651. The first-order valence-electron chi connectivity index (χ1n) is 4.84. The van der Waals surface area contributed by atoms with E-state index in [1.165, 1.54) is 4.90 Å². The average Bonchev–Trinajstić information content (AvgIpc) is 2.50. The third-order valence-electron chi connectivity index (χ3n) is 2.78. The van der Waals surface area contributed by atoms with Gasteiger partial charge in [0.15, 0.2) is 0 Å². The zero-order valence-corrected chi connectivity index (χ0v) is 8.59. The summed E-state index contributed by atoms with van der Waals surface area (Å²) in [5, 5.41) is 0. The van der Waals surface area contributed by atoms with E-state index >= 15 is 0 Å². The van der Waals surface area contributed by atoms with Crippen molar-refractivity contribution in [2.45, 2.75) is 40.0 Å². The molecule has 1 aliphatic rings. The van der Waals surface area contributed by atoms with Gasteiger partial charge in [-0.25, -0.2) is 0 Å². The minimum atomic E-state index is -0.389. The Labute approximate surface area is 79.1 Å². The van der Waals surface area contributed by atoms with Crippen LogP contribution in [0.15, 0.2) is 0 Å². The summed E-state index contributed by atoms with van der Waals surface area (Å²) in [6.45, 7) is 6.36. The molecule has 0 spiro atoms. The molecule has 1 fully saturated rings. The maximum atomic E-state index is 11.8. The van der Waals surface area contributed by atoms with E-state index in [1.54, 1.807) is 0 Å². The standard InChI is InChI=1S/C10H17NO2/c1-4-10(2,3)9(13)11-7-5-6-8(11)12/h4-7H2,1-3H3.